The van der Waals surface area contributed by atoms with Gasteiger partial charge in [-0.3, -0.25) is 0 Å². The molecule has 0 N–H and O–H groups in total. The first kappa shape index (κ1) is 17.2. The standard InChI is InChI=1S/C17H34N2O2/c1-4-20-17-6-5-10-19(14-17)13-7-15(2)21-16-8-11-18(3)12-9-16/h15-17H,4-14H2,1-3H3. The van der Waals surface area contributed by atoms with E-state index in [1.54, 1.807) is 0 Å². The van der Waals surface area contributed by atoms with Crippen molar-refractivity contribution in [3.63, 3.8) is 0 Å². The van der Waals surface area contributed by atoms with Gasteiger partial charge >= 0.3 is 0 Å². The molecule has 2 aliphatic rings. The van der Waals surface area contributed by atoms with Crippen LogP contribution >= 0.6 is 0 Å². The molecule has 21 heavy (non-hydrogen) atoms. The van der Waals surface area contributed by atoms with Crippen LogP contribution in [0.15, 0.2) is 0 Å². The molecule has 0 aromatic carbocycles. The van der Waals surface area contributed by atoms with E-state index in [0.717, 1.165) is 26.1 Å². The van der Waals surface area contributed by atoms with Gasteiger partial charge in [-0.15, -0.1) is 0 Å². The fourth-order valence-corrected chi connectivity index (χ4v) is 3.47. The Morgan fingerprint density at radius 3 is 2.57 bits per heavy atom. The molecule has 0 bridgehead atoms. The molecule has 2 aliphatic heterocycles. The molecule has 0 aromatic heterocycles. The first-order chi connectivity index (χ1) is 10.2. The molecule has 0 aliphatic carbocycles. The Balaban J connectivity index is 1.60. The van der Waals surface area contributed by atoms with Crippen molar-refractivity contribution in [2.75, 3.05) is 46.4 Å². The maximum absolute atomic E-state index is 6.22. The summed E-state index contributed by atoms with van der Waals surface area (Å²) in [5, 5.41) is 0. The van der Waals surface area contributed by atoms with Crippen LogP contribution < -0.4 is 0 Å². The zero-order valence-electron chi connectivity index (χ0n) is 14.2. The van der Waals surface area contributed by atoms with Gasteiger partial charge in [0.05, 0.1) is 18.3 Å². The van der Waals surface area contributed by atoms with Crippen molar-refractivity contribution in [2.24, 2.45) is 0 Å². The van der Waals surface area contributed by atoms with Crippen LogP contribution in [0.25, 0.3) is 0 Å². The van der Waals surface area contributed by atoms with E-state index in [0.29, 0.717) is 18.3 Å². The SMILES string of the molecule is CCOC1CCCN(CCC(C)OC2CCN(C)CC2)C1. The Bertz CT molecular complexity index is 278. The molecule has 2 unspecified atom stereocenters. The van der Waals surface area contributed by atoms with Gasteiger partial charge in [0, 0.05) is 32.8 Å². The summed E-state index contributed by atoms with van der Waals surface area (Å²) in [7, 11) is 2.20. The van der Waals surface area contributed by atoms with Crippen LogP contribution in [-0.4, -0.2) is 74.5 Å². The highest BCUT2D eigenvalue weighted by molar-refractivity contribution is 4.75. The fraction of sp³-hybridized carbons (Fsp3) is 1.00. The van der Waals surface area contributed by atoms with Gasteiger partial charge in [0.1, 0.15) is 0 Å². The highest BCUT2D eigenvalue weighted by Crippen LogP contribution is 2.17. The maximum atomic E-state index is 6.22. The third-order valence-corrected chi connectivity index (χ3v) is 4.81. The van der Waals surface area contributed by atoms with Crippen LogP contribution in [0.4, 0.5) is 0 Å². The largest absolute Gasteiger partial charge is 0.377 e. The van der Waals surface area contributed by atoms with Gasteiger partial charge in [-0.05, 0) is 59.5 Å². The van der Waals surface area contributed by atoms with Crippen molar-refractivity contribution in [2.45, 2.75) is 64.3 Å². The summed E-state index contributed by atoms with van der Waals surface area (Å²) in [4.78, 5) is 4.95. The fourth-order valence-electron chi connectivity index (χ4n) is 3.47. The Kier molecular flexibility index (Phi) is 7.44. The smallest absolute Gasteiger partial charge is 0.0702 e. The van der Waals surface area contributed by atoms with Crippen molar-refractivity contribution < 1.29 is 9.47 Å². The normalized spacial score (nSPS) is 27.9. The van der Waals surface area contributed by atoms with Crippen molar-refractivity contribution >= 4 is 0 Å². The molecule has 0 saturated carbocycles. The topological polar surface area (TPSA) is 24.9 Å². The molecule has 2 atom stereocenters. The number of ether oxygens (including phenoxy) is 2. The van der Waals surface area contributed by atoms with Gasteiger partial charge in [-0.2, -0.15) is 0 Å². The van der Waals surface area contributed by atoms with Crippen molar-refractivity contribution in [3.8, 4) is 0 Å². The molecule has 2 fully saturated rings. The molecule has 2 heterocycles. The third-order valence-electron chi connectivity index (χ3n) is 4.81. The van der Waals surface area contributed by atoms with Gasteiger partial charge in [0.15, 0.2) is 0 Å². The minimum absolute atomic E-state index is 0.380. The lowest BCUT2D eigenvalue weighted by Crippen LogP contribution is -2.41. The van der Waals surface area contributed by atoms with Gasteiger partial charge in [-0.25, -0.2) is 0 Å². The van der Waals surface area contributed by atoms with Crippen molar-refractivity contribution in [1.29, 1.82) is 0 Å². The van der Waals surface area contributed by atoms with Crippen molar-refractivity contribution in [3.05, 3.63) is 0 Å². The lowest BCUT2D eigenvalue weighted by atomic mass is 10.1. The Hall–Kier alpha value is -0.160. The number of rotatable bonds is 7. The predicted octanol–water partition coefficient (Wildman–Crippen LogP) is 2.38. The molecule has 2 rings (SSSR count). The number of nitrogens with zero attached hydrogens (tertiary/aromatic N) is 2. The average Bonchev–Trinajstić information content (AvgIpc) is 2.48. The second kappa shape index (κ2) is 9.09. The zero-order chi connectivity index (χ0) is 15.1. The summed E-state index contributed by atoms with van der Waals surface area (Å²) in [5.41, 5.74) is 0. The Labute approximate surface area is 130 Å². The monoisotopic (exact) mass is 298 g/mol. The highest BCUT2D eigenvalue weighted by atomic mass is 16.5. The molecule has 0 aromatic rings. The summed E-state index contributed by atoms with van der Waals surface area (Å²) in [6.45, 7) is 11.0. The van der Waals surface area contributed by atoms with Crippen LogP contribution in [0.2, 0.25) is 0 Å². The Morgan fingerprint density at radius 2 is 1.86 bits per heavy atom. The molecule has 0 spiro atoms. The summed E-state index contributed by atoms with van der Waals surface area (Å²) in [6.07, 6.45) is 7.34. The molecule has 2 saturated heterocycles. The van der Waals surface area contributed by atoms with Gasteiger partial charge in [-0.1, -0.05) is 0 Å². The second-order valence-corrected chi connectivity index (χ2v) is 6.76. The number of piperidine rings is 2. The highest BCUT2D eigenvalue weighted by Gasteiger charge is 2.22. The first-order valence-corrected chi connectivity index (χ1v) is 8.85. The van der Waals surface area contributed by atoms with Crippen LogP contribution in [0.5, 0.6) is 0 Å². The quantitative estimate of drug-likeness (QED) is 0.720. The third kappa shape index (κ3) is 6.23. The maximum Gasteiger partial charge on any atom is 0.0702 e. The number of hydrogen-bond acceptors (Lipinski definition) is 4. The van der Waals surface area contributed by atoms with E-state index in [1.165, 1.54) is 45.3 Å². The number of likely N-dealkylation sites (tertiary alicyclic amines) is 2. The van der Waals surface area contributed by atoms with E-state index in [1.807, 2.05) is 0 Å². The lowest BCUT2D eigenvalue weighted by Gasteiger charge is -2.34. The Morgan fingerprint density at radius 1 is 1.10 bits per heavy atom. The van der Waals surface area contributed by atoms with E-state index < -0.39 is 0 Å². The van der Waals surface area contributed by atoms with E-state index in [9.17, 15) is 0 Å². The summed E-state index contributed by atoms with van der Waals surface area (Å²) < 4.78 is 12.0. The zero-order valence-corrected chi connectivity index (χ0v) is 14.2. The molecule has 4 heteroatoms. The molecular formula is C17H34N2O2. The van der Waals surface area contributed by atoms with Crippen LogP contribution in [0.1, 0.15) is 46.0 Å². The van der Waals surface area contributed by atoms with Gasteiger partial charge in [0.25, 0.3) is 0 Å². The molecule has 4 nitrogen and oxygen atoms in total. The van der Waals surface area contributed by atoms with Crippen LogP contribution in [0.3, 0.4) is 0 Å². The van der Waals surface area contributed by atoms with Crippen LogP contribution in [-0.2, 0) is 9.47 Å². The molecule has 0 amide bonds. The summed E-state index contributed by atoms with van der Waals surface area (Å²) in [6, 6.07) is 0. The predicted molar refractivity (Wildman–Crippen MR) is 86.8 cm³/mol. The van der Waals surface area contributed by atoms with E-state index in [2.05, 4.69) is 30.7 Å². The molecule has 124 valence electrons. The number of hydrogen-bond donors (Lipinski definition) is 0. The molecular weight excluding hydrogens is 264 g/mol. The second-order valence-electron chi connectivity index (χ2n) is 6.76. The minimum Gasteiger partial charge on any atom is -0.377 e. The summed E-state index contributed by atoms with van der Waals surface area (Å²) in [5.74, 6) is 0. The van der Waals surface area contributed by atoms with Gasteiger partial charge in [0.2, 0.25) is 0 Å². The first-order valence-electron chi connectivity index (χ1n) is 8.85. The minimum atomic E-state index is 0.380. The van der Waals surface area contributed by atoms with Crippen LogP contribution in [0, 0.1) is 0 Å². The van der Waals surface area contributed by atoms with E-state index in [-0.39, 0.29) is 0 Å². The average molecular weight is 298 g/mol. The van der Waals surface area contributed by atoms with Crippen molar-refractivity contribution in [1.82, 2.24) is 9.80 Å². The summed E-state index contributed by atoms with van der Waals surface area (Å²) >= 11 is 0. The lowest BCUT2D eigenvalue weighted by molar-refractivity contribution is -0.0425. The van der Waals surface area contributed by atoms with E-state index >= 15 is 0 Å². The molecule has 0 radical (unpaired) electrons. The van der Waals surface area contributed by atoms with E-state index in [4.69, 9.17) is 9.47 Å². The van der Waals surface area contributed by atoms with Gasteiger partial charge < -0.3 is 19.3 Å².